The third-order valence-corrected chi connectivity index (χ3v) is 2.38. The summed E-state index contributed by atoms with van der Waals surface area (Å²) in [6.45, 7) is 1.39. The number of alkyl halides is 3. The quantitative estimate of drug-likeness (QED) is 0.859. The van der Waals surface area contributed by atoms with Gasteiger partial charge in [0.1, 0.15) is 12.1 Å². The lowest BCUT2D eigenvalue weighted by Gasteiger charge is -2.08. The minimum atomic E-state index is -4.40. The summed E-state index contributed by atoms with van der Waals surface area (Å²) < 4.78 is 38.9. The summed E-state index contributed by atoms with van der Waals surface area (Å²) in [6, 6.07) is 4.75. The molecule has 0 amide bonds. The van der Waals surface area contributed by atoms with Gasteiger partial charge < -0.3 is 0 Å². The highest BCUT2D eigenvalue weighted by molar-refractivity contribution is 5.77. The van der Waals surface area contributed by atoms with Crippen LogP contribution < -0.4 is 0 Å². The summed E-state index contributed by atoms with van der Waals surface area (Å²) in [5.41, 5.74) is -0.509. The van der Waals surface area contributed by atoms with Crippen molar-refractivity contribution < 1.29 is 18.0 Å². The van der Waals surface area contributed by atoms with E-state index >= 15 is 0 Å². The smallest absolute Gasteiger partial charge is 0.300 e. The van der Waals surface area contributed by atoms with E-state index in [1.54, 1.807) is 0 Å². The van der Waals surface area contributed by atoms with E-state index < -0.39 is 11.7 Å². The van der Waals surface area contributed by atoms with Crippen LogP contribution in [0.4, 0.5) is 13.2 Å². The lowest BCUT2D eigenvalue weighted by molar-refractivity contribution is -0.137. The highest BCUT2D eigenvalue weighted by atomic mass is 19.4. The number of hydrogen-bond donors (Lipinski definition) is 0. The molecule has 19 heavy (non-hydrogen) atoms. The number of rotatable bonds is 3. The molecule has 0 aliphatic carbocycles. The van der Waals surface area contributed by atoms with Gasteiger partial charge in [0.25, 0.3) is 0 Å². The molecule has 2 rings (SSSR count). The van der Waals surface area contributed by atoms with E-state index in [9.17, 15) is 18.0 Å². The Hall–Kier alpha value is -2.18. The van der Waals surface area contributed by atoms with Gasteiger partial charge in [-0.05, 0) is 25.1 Å². The average molecular weight is 269 g/mol. The van der Waals surface area contributed by atoms with Crippen molar-refractivity contribution in [2.45, 2.75) is 19.5 Å². The zero-order valence-electron chi connectivity index (χ0n) is 9.98. The van der Waals surface area contributed by atoms with Gasteiger partial charge in [0.05, 0.1) is 17.7 Å². The zero-order chi connectivity index (χ0) is 14.0. The zero-order valence-corrected chi connectivity index (χ0v) is 9.98. The molecular weight excluding hydrogens is 259 g/mol. The fraction of sp³-hybridized carbons (Fsp3) is 0.250. The highest BCUT2D eigenvalue weighted by Crippen LogP contribution is 2.30. The Morgan fingerprint density at radius 3 is 2.74 bits per heavy atom. The molecule has 1 heterocycles. The van der Waals surface area contributed by atoms with Crippen LogP contribution in [0.15, 0.2) is 30.6 Å². The van der Waals surface area contributed by atoms with Crippen molar-refractivity contribution in [2.75, 3.05) is 0 Å². The van der Waals surface area contributed by atoms with Crippen LogP contribution in [-0.2, 0) is 17.4 Å². The normalized spacial score (nSPS) is 11.6. The van der Waals surface area contributed by atoms with Gasteiger partial charge in [-0.3, -0.25) is 4.79 Å². The molecule has 2 aromatic rings. The molecule has 0 unspecified atom stereocenters. The first kappa shape index (κ1) is 13.3. The Kier molecular flexibility index (Phi) is 3.37. The number of halogens is 3. The number of carbonyl (C=O) groups excluding carboxylic acids is 1. The summed E-state index contributed by atoms with van der Waals surface area (Å²) in [5.74, 6) is 0.173. The molecule has 1 aromatic carbocycles. The molecule has 0 N–H and O–H groups in total. The number of Topliss-reactive ketones (excluding diaryl/α,β-unsaturated/α-hetero) is 1. The van der Waals surface area contributed by atoms with Crippen molar-refractivity contribution in [3.05, 3.63) is 42.0 Å². The summed E-state index contributed by atoms with van der Waals surface area (Å²) in [6.07, 6.45) is -3.06. The van der Waals surface area contributed by atoms with Crippen LogP contribution in [0.3, 0.4) is 0 Å². The molecule has 0 bridgehead atoms. The van der Waals surface area contributed by atoms with Crippen molar-refractivity contribution in [2.24, 2.45) is 0 Å². The maximum Gasteiger partial charge on any atom is 0.416 e. The second-order valence-electron chi connectivity index (χ2n) is 4.03. The van der Waals surface area contributed by atoms with Crippen LogP contribution >= 0.6 is 0 Å². The molecular formula is C12H10F3N3O. The SMILES string of the molecule is CC(=O)Cc1ncn(-c2cccc(C(F)(F)F)c2)n1. The van der Waals surface area contributed by atoms with Gasteiger partial charge in [-0.15, -0.1) is 0 Å². The second-order valence-corrected chi connectivity index (χ2v) is 4.03. The minimum absolute atomic E-state index is 0.0615. The van der Waals surface area contributed by atoms with Crippen molar-refractivity contribution in [3.8, 4) is 5.69 Å². The summed E-state index contributed by atoms with van der Waals surface area (Å²) in [5, 5.41) is 3.96. The van der Waals surface area contributed by atoms with Gasteiger partial charge in [0, 0.05) is 0 Å². The number of aromatic nitrogens is 3. The Labute approximate surface area is 106 Å². The van der Waals surface area contributed by atoms with Crippen LogP contribution in [0.2, 0.25) is 0 Å². The van der Waals surface area contributed by atoms with Crippen molar-refractivity contribution in [3.63, 3.8) is 0 Å². The molecule has 0 fully saturated rings. The third-order valence-electron chi connectivity index (χ3n) is 2.38. The number of carbonyl (C=O) groups is 1. The Balaban J connectivity index is 2.32. The maximum atomic E-state index is 12.6. The van der Waals surface area contributed by atoms with Crippen LogP contribution in [0.1, 0.15) is 18.3 Å². The fourth-order valence-corrected chi connectivity index (χ4v) is 1.55. The Morgan fingerprint density at radius 2 is 2.11 bits per heavy atom. The maximum absolute atomic E-state index is 12.6. The molecule has 4 nitrogen and oxygen atoms in total. The van der Waals surface area contributed by atoms with Gasteiger partial charge in [0.15, 0.2) is 5.82 Å². The molecule has 0 aliphatic heterocycles. The van der Waals surface area contributed by atoms with Crippen LogP contribution in [0.5, 0.6) is 0 Å². The third kappa shape index (κ3) is 3.18. The van der Waals surface area contributed by atoms with Gasteiger partial charge in [0.2, 0.25) is 0 Å². The molecule has 100 valence electrons. The molecule has 0 saturated carbocycles. The van der Waals surface area contributed by atoms with Crippen molar-refractivity contribution in [1.82, 2.24) is 14.8 Å². The first-order valence-corrected chi connectivity index (χ1v) is 5.44. The van der Waals surface area contributed by atoms with Crippen LogP contribution in [0, 0.1) is 0 Å². The first-order valence-electron chi connectivity index (χ1n) is 5.44. The van der Waals surface area contributed by atoms with Gasteiger partial charge in [-0.1, -0.05) is 6.07 Å². The van der Waals surface area contributed by atoms with E-state index in [4.69, 9.17) is 0 Å². The van der Waals surface area contributed by atoms with Crippen LogP contribution in [0.25, 0.3) is 5.69 Å². The van der Waals surface area contributed by atoms with E-state index in [0.29, 0.717) is 0 Å². The number of ketones is 1. The van der Waals surface area contributed by atoms with E-state index in [1.807, 2.05) is 0 Å². The Bertz CT molecular complexity index is 604. The largest absolute Gasteiger partial charge is 0.416 e. The van der Waals surface area contributed by atoms with Gasteiger partial charge >= 0.3 is 6.18 Å². The van der Waals surface area contributed by atoms with Crippen molar-refractivity contribution >= 4 is 5.78 Å². The van der Waals surface area contributed by atoms with E-state index in [0.717, 1.165) is 12.1 Å². The summed E-state index contributed by atoms with van der Waals surface area (Å²) >= 11 is 0. The molecule has 7 heteroatoms. The molecule has 0 atom stereocenters. The monoisotopic (exact) mass is 269 g/mol. The average Bonchev–Trinajstić information content (AvgIpc) is 2.76. The molecule has 0 saturated heterocycles. The van der Waals surface area contributed by atoms with Crippen LogP contribution in [-0.4, -0.2) is 20.5 Å². The lowest BCUT2D eigenvalue weighted by atomic mass is 10.2. The highest BCUT2D eigenvalue weighted by Gasteiger charge is 2.30. The number of benzene rings is 1. The minimum Gasteiger partial charge on any atom is -0.300 e. The Morgan fingerprint density at radius 1 is 1.37 bits per heavy atom. The van der Waals surface area contributed by atoms with E-state index in [2.05, 4.69) is 10.1 Å². The standard InChI is InChI=1S/C12H10F3N3O/c1-8(19)5-11-16-7-18(17-11)10-4-2-3-9(6-10)12(13,14)15/h2-4,6-7H,5H2,1H3. The molecule has 0 aliphatic rings. The predicted molar refractivity (Wildman–Crippen MR) is 60.7 cm³/mol. The molecule has 0 spiro atoms. The second kappa shape index (κ2) is 4.83. The number of hydrogen-bond acceptors (Lipinski definition) is 3. The lowest BCUT2D eigenvalue weighted by Crippen LogP contribution is -2.06. The van der Waals surface area contributed by atoms with E-state index in [-0.39, 0.29) is 23.7 Å². The molecule has 1 aromatic heterocycles. The topological polar surface area (TPSA) is 47.8 Å². The van der Waals surface area contributed by atoms with E-state index in [1.165, 1.54) is 30.1 Å². The predicted octanol–water partition coefficient (Wildman–Crippen LogP) is 2.42. The number of nitrogens with zero attached hydrogens (tertiary/aromatic N) is 3. The molecule has 0 radical (unpaired) electrons. The summed E-state index contributed by atoms with van der Waals surface area (Å²) in [7, 11) is 0. The fourth-order valence-electron chi connectivity index (χ4n) is 1.55. The first-order chi connectivity index (χ1) is 8.86. The van der Waals surface area contributed by atoms with Crippen molar-refractivity contribution in [1.29, 1.82) is 0 Å². The van der Waals surface area contributed by atoms with Gasteiger partial charge in [-0.25, -0.2) is 9.67 Å². The van der Waals surface area contributed by atoms with Gasteiger partial charge in [-0.2, -0.15) is 18.3 Å². The summed E-state index contributed by atoms with van der Waals surface area (Å²) in [4.78, 5) is 14.8.